The number of rotatable bonds is 4. The Morgan fingerprint density at radius 1 is 1.38 bits per heavy atom. The summed E-state index contributed by atoms with van der Waals surface area (Å²) in [7, 11) is 0. The molecule has 0 aromatic rings. The van der Waals surface area contributed by atoms with Crippen molar-refractivity contribution in [3.05, 3.63) is 0 Å². The molecule has 16 heavy (non-hydrogen) atoms. The zero-order valence-electron chi connectivity index (χ0n) is 10.3. The van der Waals surface area contributed by atoms with Gasteiger partial charge in [-0.3, -0.25) is 9.59 Å². The van der Waals surface area contributed by atoms with Crippen molar-refractivity contribution in [2.24, 2.45) is 0 Å². The van der Waals surface area contributed by atoms with Crippen molar-refractivity contribution in [1.82, 2.24) is 10.2 Å². The maximum atomic E-state index is 11.9. The highest BCUT2D eigenvalue weighted by molar-refractivity contribution is 5.78. The van der Waals surface area contributed by atoms with Gasteiger partial charge in [-0.15, -0.1) is 0 Å². The summed E-state index contributed by atoms with van der Waals surface area (Å²) in [6, 6.07) is 0.415. The van der Waals surface area contributed by atoms with Crippen LogP contribution in [0.25, 0.3) is 0 Å². The van der Waals surface area contributed by atoms with E-state index in [1.165, 1.54) is 13.3 Å². The molecule has 0 saturated carbocycles. The van der Waals surface area contributed by atoms with E-state index in [9.17, 15) is 9.59 Å². The van der Waals surface area contributed by atoms with Gasteiger partial charge in [0.15, 0.2) is 0 Å². The van der Waals surface area contributed by atoms with Crippen molar-refractivity contribution in [1.29, 1.82) is 0 Å². The van der Waals surface area contributed by atoms with E-state index in [1.54, 1.807) is 0 Å². The molecular formula is C12H22N2O2. The van der Waals surface area contributed by atoms with Crippen molar-refractivity contribution in [2.45, 2.75) is 52.0 Å². The summed E-state index contributed by atoms with van der Waals surface area (Å²) in [5.41, 5.74) is 0. The number of nitrogens with one attached hydrogen (secondary N) is 1. The standard InChI is InChI=1S/C12H22N2O2/c1-3-11-6-4-5-9-14(11)12(16)7-8-13-10(2)15/h11H,3-9H2,1-2H3,(H,13,15). The van der Waals surface area contributed by atoms with Gasteiger partial charge in [-0.25, -0.2) is 0 Å². The van der Waals surface area contributed by atoms with Crippen LogP contribution >= 0.6 is 0 Å². The minimum atomic E-state index is -0.0708. The van der Waals surface area contributed by atoms with Gasteiger partial charge in [0, 0.05) is 32.5 Å². The lowest BCUT2D eigenvalue weighted by atomic mass is 9.99. The Balaban J connectivity index is 2.35. The fraction of sp³-hybridized carbons (Fsp3) is 0.833. The Morgan fingerprint density at radius 2 is 2.12 bits per heavy atom. The molecule has 1 aliphatic rings. The minimum absolute atomic E-state index is 0.0708. The molecule has 2 amide bonds. The number of carbonyl (C=O) groups excluding carboxylic acids is 2. The summed E-state index contributed by atoms with van der Waals surface area (Å²) >= 11 is 0. The average molecular weight is 226 g/mol. The first-order valence-electron chi connectivity index (χ1n) is 6.19. The molecule has 0 spiro atoms. The zero-order valence-corrected chi connectivity index (χ0v) is 10.3. The minimum Gasteiger partial charge on any atom is -0.356 e. The fourth-order valence-corrected chi connectivity index (χ4v) is 2.24. The van der Waals surface area contributed by atoms with Crippen LogP contribution in [0.5, 0.6) is 0 Å². The molecule has 4 heteroatoms. The molecule has 1 rings (SSSR count). The Bertz CT molecular complexity index is 253. The molecule has 92 valence electrons. The lowest BCUT2D eigenvalue weighted by Gasteiger charge is -2.35. The Kier molecular flexibility index (Phi) is 5.29. The van der Waals surface area contributed by atoms with Crippen molar-refractivity contribution < 1.29 is 9.59 Å². The SMILES string of the molecule is CCC1CCCCN1C(=O)CCNC(C)=O. The topological polar surface area (TPSA) is 49.4 Å². The van der Waals surface area contributed by atoms with E-state index in [2.05, 4.69) is 12.2 Å². The number of amides is 2. The van der Waals surface area contributed by atoms with Crippen LogP contribution < -0.4 is 5.32 Å². The van der Waals surface area contributed by atoms with Gasteiger partial charge in [-0.2, -0.15) is 0 Å². The summed E-state index contributed by atoms with van der Waals surface area (Å²) in [6.07, 6.45) is 4.93. The predicted octanol–water partition coefficient (Wildman–Crippen LogP) is 1.30. The van der Waals surface area contributed by atoms with Gasteiger partial charge in [-0.1, -0.05) is 6.92 Å². The van der Waals surface area contributed by atoms with E-state index in [0.29, 0.717) is 19.0 Å². The van der Waals surface area contributed by atoms with Gasteiger partial charge in [0.25, 0.3) is 0 Å². The van der Waals surface area contributed by atoms with E-state index in [1.807, 2.05) is 4.90 Å². The molecule has 1 unspecified atom stereocenters. The molecular weight excluding hydrogens is 204 g/mol. The molecule has 0 aromatic carbocycles. The predicted molar refractivity (Wildman–Crippen MR) is 62.9 cm³/mol. The summed E-state index contributed by atoms with van der Waals surface area (Å²) in [5.74, 6) is 0.110. The van der Waals surface area contributed by atoms with Gasteiger partial charge < -0.3 is 10.2 Å². The third kappa shape index (κ3) is 3.83. The van der Waals surface area contributed by atoms with E-state index in [0.717, 1.165) is 25.8 Å². The smallest absolute Gasteiger partial charge is 0.224 e. The maximum absolute atomic E-state index is 11.9. The van der Waals surface area contributed by atoms with Crippen LogP contribution in [-0.4, -0.2) is 35.8 Å². The van der Waals surface area contributed by atoms with E-state index in [-0.39, 0.29) is 11.8 Å². The van der Waals surface area contributed by atoms with Crippen LogP contribution in [-0.2, 0) is 9.59 Å². The number of nitrogens with zero attached hydrogens (tertiary/aromatic N) is 1. The van der Waals surface area contributed by atoms with E-state index in [4.69, 9.17) is 0 Å². The average Bonchev–Trinajstić information content (AvgIpc) is 2.28. The third-order valence-corrected chi connectivity index (χ3v) is 3.13. The molecule has 0 aliphatic carbocycles. The van der Waals surface area contributed by atoms with Crippen molar-refractivity contribution in [2.75, 3.05) is 13.1 Å². The number of hydrogen-bond donors (Lipinski definition) is 1. The summed E-state index contributed by atoms with van der Waals surface area (Å²) in [4.78, 5) is 24.6. The molecule has 0 radical (unpaired) electrons. The fourth-order valence-electron chi connectivity index (χ4n) is 2.24. The molecule has 0 aromatic heterocycles. The van der Waals surface area contributed by atoms with Crippen LogP contribution in [0, 0.1) is 0 Å². The second kappa shape index (κ2) is 6.51. The lowest BCUT2D eigenvalue weighted by molar-refractivity contribution is -0.134. The largest absolute Gasteiger partial charge is 0.356 e. The van der Waals surface area contributed by atoms with E-state index < -0.39 is 0 Å². The van der Waals surface area contributed by atoms with Gasteiger partial charge in [0.2, 0.25) is 11.8 Å². The highest BCUT2D eigenvalue weighted by Crippen LogP contribution is 2.19. The zero-order chi connectivity index (χ0) is 12.0. The first-order valence-corrected chi connectivity index (χ1v) is 6.19. The quantitative estimate of drug-likeness (QED) is 0.785. The van der Waals surface area contributed by atoms with Gasteiger partial charge in [0.05, 0.1) is 0 Å². The molecule has 1 saturated heterocycles. The van der Waals surface area contributed by atoms with Crippen LogP contribution in [0.4, 0.5) is 0 Å². The Labute approximate surface area is 97.4 Å². The maximum Gasteiger partial charge on any atom is 0.224 e. The second-order valence-corrected chi connectivity index (χ2v) is 4.38. The van der Waals surface area contributed by atoms with Crippen LogP contribution in [0.1, 0.15) is 46.0 Å². The van der Waals surface area contributed by atoms with Crippen molar-refractivity contribution >= 4 is 11.8 Å². The summed E-state index contributed by atoms with van der Waals surface area (Å²) < 4.78 is 0. The molecule has 1 fully saturated rings. The molecule has 1 N–H and O–H groups in total. The first kappa shape index (κ1) is 13.0. The second-order valence-electron chi connectivity index (χ2n) is 4.38. The molecule has 1 atom stereocenters. The number of piperidine rings is 1. The lowest BCUT2D eigenvalue weighted by Crippen LogP contribution is -2.44. The Hall–Kier alpha value is -1.06. The summed E-state index contributed by atoms with van der Waals surface area (Å²) in [6.45, 7) is 4.95. The summed E-state index contributed by atoms with van der Waals surface area (Å²) in [5, 5.41) is 2.66. The molecule has 4 nitrogen and oxygen atoms in total. The number of carbonyl (C=O) groups is 2. The third-order valence-electron chi connectivity index (χ3n) is 3.13. The van der Waals surface area contributed by atoms with Crippen molar-refractivity contribution in [3.8, 4) is 0 Å². The highest BCUT2D eigenvalue weighted by atomic mass is 16.2. The molecule has 1 aliphatic heterocycles. The van der Waals surface area contributed by atoms with Gasteiger partial charge in [-0.05, 0) is 25.7 Å². The van der Waals surface area contributed by atoms with Crippen LogP contribution in [0.15, 0.2) is 0 Å². The normalized spacial score (nSPS) is 20.6. The first-order chi connectivity index (χ1) is 7.65. The van der Waals surface area contributed by atoms with E-state index >= 15 is 0 Å². The monoisotopic (exact) mass is 226 g/mol. The van der Waals surface area contributed by atoms with Gasteiger partial charge >= 0.3 is 0 Å². The number of likely N-dealkylation sites (tertiary alicyclic amines) is 1. The van der Waals surface area contributed by atoms with Crippen molar-refractivity contribution in [3.63, 3.8) is 0 Å². The van der Waals surface area contributed by atoms with Crippen LogP contribution in [0.2, 0.25) is 0 Å². The molecule has 1 heterocycles. The van der Waals surface area contributed by atoms with Crippen LogP contribution in [0.3, 0.4) is 0 Å². The Morgan fingerprint density at radius 3 is 2.75 bits per heavy atom. The number of hydrogen-bond acceptors (Lipinski definition) is 2. The highest BCUT2D eigenvalue weighted by Gasteiger charge is 2.24. The molecule has 0 bridgehead atoms. The van der Waals surface area contributed by atoms with Gasteiger partial charge in [0.1, 0.15) is 0 Å².